The molecule has 0 aliphatic heterocycles. The van der Waals surface area contributed by atoms with E-state index in [-0.39, 0.29) is 55.4 Å². The number of allylic oxidation sites excluding steroid dienone is 1. The largest absolute Gasteiger partial charge is 0.507 e. The van der Waals surface area contributed by atoms with Gasteiger partial charge in [-0.05, 0) is 77.7 Å². The fourth-order valence-electron chi connectivity index (χ4n) is 5.05. The molecule has 0 fully saturated rings. The fourth-order valence-corrected chi connectivity index (χ4v) is 6.76. The molecular weight excluding hydrogens is 703 g/mol. The Labute approximate surface area is 277 Å². The molecule has 0 unspecified atom stereocenters. The number of phenols is 1. The average molecular weight is 724 g/mol. The molecule has 5 aromatic carbocycles. The molecular formula is C30H21N5O11S3. The molecule has 7 N–H and O–H groups in total. The number of rotatable bonds is 7. The molecule has 0 heterocycles. The lowest BCUT2D eigenvalue weighted by atomic mass is 9.94. The van der Waals surface area contributed by atoms with E-state index in [9.17, 15) is 48.8 Å². The van der Waals surface area contributed by atoms with Crippen molar-refractivity contribution in [3.05, 3.63) is 94.9 Å². The number of hydrogen-bond acceptors (Lipinski definition) is 13. The summed E-state index contributed by atoms with van der Waals surface area (Å²) in [6, 6.07) is 16.6. The van der Waals surface area contributed by atoms with E-state index in [4.69, 9.17) is 5.73 Å². The van der Waals surface area contributed by atoms with Crippen LogP contribution in [-0.2, 0) is 30.4 Å². The van der Waals surface area contributed by atoms with Gasteiger partial charge in [-0.2, -0.15) is 35.5 Å². The molecule has 0 atom stereocenters. The number of hydrogen-bond donors (Lipinski definition) is 6. The Hall–Kier alpha value is -5.57. The van der Waals surface area contributed by atoms with Crippen LogP contribution in [0.2, 0.25) is 0 Å². The molecule has 250 valence electrons. The van der Waals surface area contributed by atoms with Crippen LogP contribution in [0.15, 0.2) is 109 Å². The van der Waals surface area contributed by atoms with Crippen molar-refractivity contribution in [3.8, 4) is 5.75 Å². The highest BCUT2D eigenvalue weighted by atomic mass is 32.2. The summed E-state index contributed by atoms with van der Waals surface area (Å²) in [5.41, 5.74) is 8.49. The van der Waals surface area contributed by atoms with Crippen molar-refractivity contribution in [2.24, 2.45) is 15.3 Å². The fraction of sp³-hybridized carbons (Fsp3) is 0. The van der Waals surface area contributed by atoms with Crippen molar-refractivity contribution in [2.45, 2.75) is 9.79 Å². The number of benzene rings is 5. The second kappa shape index (κ2) is 11.8. The van der Waals surface area contributed by atoms with Gasteiger partial charge < -0.3 is 10.8 Å². The number of carbonyl (C=O) groups is 1. The van der Waals surface area contributed by atoms with Gasteiger partial charge in [-0.3, -0.25) is 23.9 Å². The van der Waals surface area contributed by atoms with Crippen molar-refractivity contribution in [1.29, 1.82) is 0 Å². The summed E-state index contributed by atoms with van der Waals surface area (Å²) in [5.74, 6) is -1.27. The van der Waals surface area contributed by atoms with E-state index >= 15 is 0 Å². The molecule has 0 spiro atoms. The first-order valence-electron chi connectivity index (χ1n) is 13.6. The van der Waals surface area contributed by atoms with E-state index in [1.54, 1.807) is 0 Å². The van der Waals surface area contributed by atoms with Crippen LogP contribution < -0.4 is 11.2 Å². The monoisotopic (exact) mass is 723 g/mol. The SMILES string of the molecule is Nc1ccc2c(c1)C(=O)/C(=N/Nc1ccc(N=Nc3ccc4c(O)cc(S(=O)(=O)O)cc4c3)c3cc(S(=O)(=O)O)ccc13)C(S(=O)(=O)O)=C2. The maximum Gasteiger partial charge on any atom is 0.296 e. The minimum Gasteiger partial charge on any atom is -0.507 e. The molecule has 0 amide bonds. The minimum absolute atomic E-state index is 0.0319. The van der Waals surface area contributed by atoms with Gasteiger partial charge >= 0.3 is 0 Å². The molecule has 1 aliphatic carbocycles. The van der Waals surface area contributed by atoms with Crippen LogP contribution in [0.4, 0.5) is 22.7 Å². The number of anilines is 2. The first kappa shape index (κ1) is 33.3. The number of carbonyl (C=O) groups excluding carboxylic acids is 1. The van der Waals surface area contributed by atoms with Gasteiger partial charge in [0.05, 0.1) is 26.9 Å². The minimum atomic E-state index is -4.94. The molecule has 0 radical (unpaired) electrons. The summed E-state index contributed by atoms with van der Waals surface area (Å²) in [7, 11) is -14.3. The summed E-state index contributed by atoms with van der Waals surface area (Å²) in [4.78, 5) is 11.4. The van der Waals surface area contributed by atoms with Gasteiger partial charge in [-0.25, -0.2) is 0 Å². The number of ketones is 1. The van der Waals surface area contributed by atoms with Gasteiger partial charge in [-0.1, -0.05) is 12.1 Å². The first-order chi connectivity index (χ1) is 22.9. The number of nitrogens with two attached hydrogens (primary N) is 1. The number of Topliss-reactive ketones (excluding diaryl/α,β-unsaturated/α-hetero) is 1. The molecule has 49 heavy (non-hydrogen) atoms. The van der Waals surface area contributed by atoms with Crippen LogP contribution in [0, 0.1) is 0 Å². The Balaban J connectivity index is 1.44. The second-order valence-corrected chi connectivity index (χ2v) is 14.8. The lowest BCUT2D eigenvalue weighted by Crippen LogP contribution is -2.27. The van der Waals surface area contributed by atoms with Gasteiger partial charge in [0, 0.05) is 33.5 Å². The third-order valence-electron chi connectivity index (χ3n) is 7.34. The number of hydrazone groups is 1. The van der Waals surface area contributed by atoms with Crippen LogP contribution >= 0.6 is 0 Å². The van der Waals surface area contributed by atoms with E-state index in [1.807, 2.05) is 0 Å². The number of nitrogens with zero attached hydrogens (tertiary/aromatic N) is 3. The summed E-state index contributed by atoms with van der Waals surface area (Å²) < 4.78 is 101. The van der Waals surface area contributed by atoms with Gasteiger partial charge in [0.15, 0.2) is 5.71 Å². The van der Waals surface area contributed by atoms with Crippen LogP contribution in [0.25, 0.3) is 27.6 Å². The highest BCUT2D eigenvalue weighted by Gasteiger charge is 2.33. The molecule has 0 aromatic heterocycles. The molecule has 16 nitrogen and oxygen atoms in total. The Morgan fingerprint density at radius 3 is 2.08 bits per heavy atom. The van der Waals surface area contributed by atoms with Crippen LogP contribution in [0.3, 0.4) is 0 Å². The van der Waals surface area contributed by atoms with Gasteiger partial charge in [0.25, 0.3) is 30.4 Å². The lowest BCUT2D eigenvalue weighted by molar-refractivity contribution is 0.106. The summed E-state index contributed by atoms with van der Waals surface area (Å²) in [6.07, 6.45) is 1.06. The molecule has 6 rings (SSSR count). The zero-order valence-electron chi connectivity index (χ0n) is 24.4. The van der Waals surface area contributed by atoms with Crippen LogP contribution in [0.1, 0.15) is 15.9 Å². The highest BCUT2D eigenvalue weighted by Crippen LogP contribution is 2.37. The van der Waals surface area contributed by atoms with Crippen molar-refractivity contribution in [3.63, 3.8) is 0 Å². The zero-order chi connectivity index (χ0) is 35.5. The maximum atomic E-state index is 13.3. The topological polar surface area (TPSA) is 276 Å². The smallest absolute Gasteiger partial charge is 0.296 e. The van der Waals surface area contributed by atoms with Crippen molar-refractivity contribution >= 4 is 92.2 Å². The number of nitrogen functional groups attached to an aromatic ring is 1. The van der Waals surface area contributed by atoms with Crippen molar-refractivity contribution < 1.29 is 48.8 Å². The summed E-state index contributed by atoms with van der Waals surface area (Å²) in [6.45, 7) is 0. The number of nitrogens with one attached hydrogen (secondary N) is 1. The molecule has 0 saturated heterocycles. The predicted molar refractivity (Wildman–Crippen MR) is 179 cm³/mol. The molecule has 0 saturated carbocycles. The van der Waals surface area contributed by atoms with E-state index in [0.29, 0.717) is 0 Å². The standard InChI is InChI=1S/C30H21N5O11S3/c31-17-2-1-15-11-28(49(44,45)46)29(30(37)23(15)12-17)35-34-25-7-8-26(24-13-19(47(38,39)40)4-6-22(24)25)33-32-18-3-5-21-16(9-18)10-20(14-27(21)36)48(41,42)43/h1-14,34,36H,31H2,(H,38,39,40)(H,41,42,43)(H,44,45,46)/b33-32?,35-29+. The highest BCUT2D eigenvalue weighted by molar-refractivity contribution is 7.91. The van der Waals surface area contributed by atoms with Crippen molar-refractivity contribution in [2.75, 3.05) is 11.2 Å². The van der Waals surface area contributed by atoms with Crippen LogP contribution in [-0.4, -0.2) is 55.5 Å². The molecule has 19 heteroatoms. The van der Waals surface area contributed by atoms with Gasteiger partial charge in [0.1, 0.15) is 10.7 Å². The van der Waals surface area contributed by atoms with E-state index < -0.39 is 62.3 Å². The third kappa shape index (κ3) is 6.61. The summed E-state index contributed by atoms with van der Waals surface area (Å²) in [5, 5.41) is 23.3. The molecule has 0 bridgehead atoms. The van der Waals surface area contributed by atoms with E-state index in [1.165, 1.54) is 54.6 Å². The summed E-state index contributed by atoms with van der Waals surface area (Å²) >= 11 is 0. The molecule has 5 aromatic rings. The van der Waals surface area contributed by atoms with Gasteiger partial charge in [-0.15, -0.1) is 5.11 Å². The Morgan fingerprint density at radius 1 is 0.673 bits per heavy atom. The normalized spacial score (nSPS) is 14.8. The maximum absolute atomic E-state index is 13.3. The zero-order valence-corrected chi connectivity index (χ0v) is 26.8. The lowest BCUT2D eigenvalue weighted by Gasteiger charge is -2.17. The van der Waals surface area contributed by atoms with Crippen molar-refractivity contribution in [1.82, 2.24) is 0 Å². The Bertz CT molecular complexity index is 2710. The number of fused-ring (bicyclic) bond motifs is 3. The molecule has 1 aliphatic rings. The predicted octanol–water partition coefficient (Wildman–Crippen LogP) is 5.08. The van der Waals surface area contributed by atoms with Crippen LogP contribution in [0.5, 0.6) is 5.75 Å². The quantitative estimate of drug-likeness (QED) is 0.0554. The van der Waals surface area contributed by atoms with E-state index in [0.717, 1.165) is 30.3 Å². The Morgan fingerprint density at radius 2 is 1.39 bits per heavy atom. The van der Waals surface area contributed by atoms with E-state index in [2.05, 4.69) is 20.8 Å². The third-order valence-corrected chi connectivity index (χ3v) is 9.89. The van der Waals surface area contributed by atoms with Gasteiger partial charge in [0.2, 0.25) is 5.78 Å². The average Bonchev–Trinajstić information content (AvgIpc) is 3.02. The first-order valence-corrected chi connectivity index (χ1v) is 17.9. The number of aromatic hydroxyl groups is 1. The number of azo groups is 1. The second-order valence-electron chi connectivity index (χ2n) is 10.6. The number of phenolic OH excluding ortho intramolecular Hbond substituents is 1. The Kier molecular flexibility index (Phi) is 8.05.